The Labute approximate surface area is 148 Å². The van der Waals surface area contributed by atoms with Crippen molar-refractivity contribution in [2.45, 2.75) is 18.0 Å². The molecule has 2 aromatic rings. The number of hydrogen-bond acceptors (Lipinski definition) is 3. The number of nitrogens with zero attached hydrogens (tertiary/aromatic N) is 1. The summed E-state index contributed by atoms with van der Waals surface area (Å²) in [5.74, 6) is -0.617. The first-order valence-corrected chi connectivity index (χ1v) is 8.79. The summed E-state index contributed by atoms with van der Waals surface area (Å²) in [5.41, 5.74) is 4.97. The highest BCUT2D eigenvalue weighted by atomic mass is 32.2. The molecule has 2 aromatic carbocycles. The molecule has 2 rings (SSSR count). The molecule has 0 aliphatic rings. The lowest BCUT2D eigenvalue weighted by molar-refractivity contribution is -0.137. The molecule has 0 bridgehead atoms. The van der Waals surface area contributed by atoms with E-state index in [1.165, 1.54) is 24.3 Å². The zero-order valence-corrected chi connectivity index (χ0v) is 14.5. The van der Waals surface area contributed by atoms with Gasteiger partial charge >= 0.3 is 6.18 Å². The van der Waals surface area contributed by atoms with Crippen molar-refractivity contribution in [3.63, 3.8) is 0 Å². The molecule has 0 unspecified atom stereocenters. The summed E-state index contributed by atoms with van der Waals surface area (Å²) in [6.07, 6.45) is -4.66. The number of sulfone groups is 1. The number of thiocarbonyl (C=S) groups is 1. The van der Waals surface area contributed by atoms with Gasteiger partial charge in [0.1, 0.15) is 5.84 Å². The minimum absolute atomic E-state index is 0.108. The van der Waals surface area contributed by atoms with Crippen LogP contribution in [0.15, 0.2) is 58.4 Å². The van der Waals surface area contributed by atoms with E-state index in [1.54, 1.807) is 19.1 Å². The first-order chi connectivity index (χ1) is 11.5. The molecule has 25 heavy (non-hydrogen) atoms. The Morgan fingerprint density at radius 2 is 1.64 bits per heavy atom. The fraction of sp³-hybridized carbons (Fsp3) is 0.125. The van der Waals surface area contributed by atoms with Crippen LogP contribution < -0.4 is 5.73 Å². The summed E-state index contributed by atoms with van der Waals surface area (Å²) in [6, 6.07) is 10.3. The quantitative estimate of drug-likeness (QED) is 0.487. The number of benzene rings is 2. The molecule has 9 heteroatoms. The zero-order valence-electron chi connectivity index (χ0n) is 12.9. The molecular weight excluding hydrogens is 373 g/mol. The van der Waals surface area contributed by atoms with E-state index in [2.05, 4.69) is 4.99 Å². The molecule has 0 aliphatic carbocycles. The molecule has 0 radical (unpaired) electrons. The van der Waals surface area contributed by atoms with Gasteiger partial charge in [-0.25, -0.2) is 13.4 Å². The number of amidine groups is 1. The molecule has 0 heterocycles. The Kier molecular flexibility index (Phi) is 5.28. The second-order valence-corrected chi connectivity index (χ2v) is 7.63. The molecular formula is C16H13F3N2O2S2. The average Bonchev–Trinajstić information content (AvgIpc) is 2.54. The van der Waals surface area contributed by atoms with E-state index in [0.717, 1.165) is 17.7 Å². The van der Waals surface area contributed by atoms with E-state index in [9.17, 15) is 21.6 Å². The lowest BCUT2D eigenvalue weighted by Gasteiger charge is -2.12. The van der Waals surface area contributed by atoms with Gasteiger partial charge in [0.15, 0.2) is 0 Å². The van der Waals surface area contributed by atoms with Gasteiger partial charge in [-0.15, -0.1) is 0 Å². The largest absolute Gasteiger partial charge is 0.417 e. The Hall–Kier alpha value is -2.26. The molecule has 0 amide bonds. The van der Waals surface area contributed by atoms with Gasteiger partial charge in [0.05, 0.1) is 10.5 Å². The number of aryl methyl sites for hydroxylation is 1. The van der Waals surface area contributed by atoms with Crippen molar-refractivity contribution in [3.05, 3.63) is 65.2 Å². The van der Waals surface area contributed by atoms with Crippen LogP contribution in [0.4, 0.5) is 13.2 Å². The minimum atomic E-state index is -4.66. The summed E-state index contributed by atoms with van der Waals surface area (Å²) in [4.78, 5) is 3.42. The topological polar surface area (TPSA) is 72.5 Å². The summed E-state index contributed by atoms with van der Waals surface area (Å²) >= 11 is 4.78. The molecule has 0 saturated carbocycles. The highest BCUT2D eigenvalue weighted by molar-refractivity contribution is 8.17. The van der Waals surface area contributed by atoms with Crippen LogP contribution in [0.1, 0.15) is 16.7 Å². The Morgan fingerprint density at radius 3 is 2.20 bits per heavy atom. The van der Waals surface area contributed by atoms with Crippen LogP contribution in [-0.2, 0) is 16.0 Å². The first-order valence-electron chi connectivity index (χ1n) is 6.90. The number of nitrogens with two attached hydrogens (primary N) is 1. The van der Waals surface area contributed by atoms with Crippen LogP contribution in [-0.4, -0.2) is 18.6 Å². The third kappa shape index (κ3) is 4.23. The van der Waals surface area contributed by atoms with E-state index < -0.39 is 37.3 Å². The fourth-order valence-electron chi connectivity index (χ4n) is 1.99. The van der Waals surface area contributed by atoms with Crippen molar-refractivity contribution < 1.29 is 21.6 Å². The smallest absolute Gasteiger partial charge is 0.383 e. The molecule has 4 nitrogen and oxygen atoms in total. The third-order valence-electron chi connectivity index (χ3n) is 3.28. The predicted molar refractivity (Wildman–Crippen MR) is 93.1 cm³/mol. The average molecular weight is 386 g/mol. The van der Waals surface area contributed by atoms with Crippen molar-refractivity contribution >= 4 is 32.2 Å². The Morgan fingerprint density at radius 1 is 1.08 bits per heavy atom. The molecule has 0 aliphatic heterocycles. The lowest BCUT2D eigenvalue weighted by Crippen LogP contribution is -2.23. The predicted octanol–water partition coefficient (Wildman–Crippen LogP) is 3.48. The zero-order chi connectivity index (χ0) is 18.8. The SMILES string of the molecule is Cc1ccc(S(=O)(=O)C(=S)/N=C(\N)c2ccccc2C(F)(F)F)cc1. The van der Waals surface area contributed by atoms with Crippen LogP contribution in [0.3, 0.4) is 0 Å². The number of alkyl halides is 3. The maximum Gasteiger partial charge on any atom is 0.417 e. The van der Waals surface area contributed by atoms with Crippen LogP contribution in [0.25, 0.3) is 0 Å². The maximum absolute atomic E-state index is 13.0. The van der Waals surface area contributed by atoms with Gasteiger partial charge in [0, 0.05) is 5.56 Å². The number of halogens is 3. The molecule has 0 spiro atoms. The molecule has 2 N–H and O–H groups in total. The molecule has 0 aromatic heterocycles. The number of hydrogen-bond donors (Lipinski definition) is 1. The molecule has 0 atom stereocenters. The normalized spacial score (nSPS) is 12.9. The van der Waals surface area contributed by atoms with Gasteiger partial charge in [0.25, 0.3) is 0 Å². The second kappa shape index (κ2) is 6.93. The minimum Gasteiger partial charge on any atom is -0.383 e. The van der Waals surface area contributed by atoms with Gasteiger partial charge in [-0.3, -0.25) is 0 Å². The number of rotatable bonds is 2. The van der Waals surface area contributed by atoms with Crippen LogP contribution in [0, 0.1) is 6.92 Å². The van der Waals surface area contributed by atoms with Crippen molar-refractivity contribution in [1.82, 2.24) is 0 Å². The summed E-state index contributed by atoms with van der Waals surface area (Å²) in [7, 11) is -4.12. The van der Waals surface area contributed by atoms with Gasteiger partial charge in [-0.2, -0.15) is 13.2 Å². The third-order valence-corrected chi connectivity index (χ3v) is 5.47. The lowest BCUT2D eigenvalue weighted by atomic mass is 10.1. The monoisotopic (exact) mass is 386 g/mol. The Bertz CT molecular complexity index is 935. The molecule has 0 saturated heterocycles. The molecule has 0 fully saturated rings. The second-order valence-electron chi connectivity index (χ2n) is 5.12. The van der Waals surface area contributed by atoms with Gasteiger partial charge < -0.3 is 5.73 Å². The van der Waals surface area contributed by atoms with Crippen molar-refractivity contribution in [3.8, 4) is 0 Å². The van der Waals surface area contributed by atoms with Crippen molar-refractivity contribution in [2.24, 2.45) is 10.7 Å². The van der Waals surface area contributed by atoms with Crippen LogP contribution in [0.2, 0.25) is 0 Å². The van der Waals surface area contributed by atoms with E-state index in [0.29, 0.717) is 0 Å². The fourth-order valence-corrected chi connectivity index (χ4v) is 3.29. The Balaban J connectivity index is 2.44. The van der Waals surface area contributed by atoms with Crippen LogP contribution >= 0.6 is 12.2 Å². The molecule has 132 valence electrons. The first kappa shape index (κ1) is 19.1. The van der Waals surface area contributed by atoms with Gasteiger partial charge in [-0.05, 0) is 37.3 Å². The van der Waals surface area contributed by atoms with E-state index in [1.807, 2.05) is 0 Å². The standard InChI is InChI=1S/C16H13F3N2O2S2/c1-10-6-8-11(9-7-10)25(22,23)15(24)21-14(20)12-4-2-3-5-13(12)16(17,18)19/h2-9H,1H3,(H2,20,21,24). The highest BCUT2D eigenvalue weighted by Crippen LogP contribution is 2.31. The summed E-state index contributed by atoms with van der Waals surface area (Å²) in [5, 5.41) is 0. The van der Waals surface area contributed by atoms with Gasteiger partial charge in [0.2, 0.25) is 14.2 Å². The van der Waals surface area contributed by atoms with E-state index in [-0.39, 0.29) is 4.90 Å². The van der Waals surface area contributed by atoms with Crippen molar-refractivity contribution in [2.75, 3.05) is 0 Å². The van der Waals surface area contributed by atoms with E-state index in [4.69, 9.17) is 18.0 Å². The summed E-state index contributed by atoms with van der Waals surface area (Å²) < 4.78 is 63.0. The highest BCUT2D eigenvalue weighted by Gasteiger charge is 2.34. The maximum atomic E-state index is 13.0. The van der Waals surface area contributed by atoms with Gasteiger partial charge in [-0.1, -0.05) is 35.9 Å². The van der Waals surface area contributed by atoms with E-state index >= 15 is 0 Å². The number of aliphatic imine (C=N–C) groups is 1. The van der Waals surface area contributed by atoms with Crippen molar-refractivity contribution in [1.29, 1.82) is 0 Å². The van der Waals surface area contributed by atoms with Crippen LogP contribution in [0.5, 0.6) is 0 Å². The summed E-state index contributed by atoms with van der Waals surface area (Å²) in [6.45, 7) is 1.78.